The third-order valence-corrected chi connectivity index (χ3v) is 2.43. The Kier molecular flexibility index (Phi) is 5.45. The topological polar surface area (TPSA) is 90.9 Å². The molecule has 0 saturated carbocycles. The predicted molar refractivity (Wildman–Crippen MR) is 67.0 cm³/mol. The van der Waals surface area contributed by atoms with E-state index in [1.807, 2.05) is 12.1 Å². The first-order valence-corrected chi connectivity index (χ1v) is 5.59. The van der Waals surface area contributed by atoms with Gasteiger partial charge in [0.15, 0.2) is 5.84 Å². The van der Waals surface area contributed by atoms with E-state index in [1.165, 1.54) is 0 Å². The maximum atomic E-state index is 9.08. The summed E-state index contributed by atoms with van der Waals surface area (Å²) in [6.07, 6.45) is 0.466. The summed E-state index contributed by atoms with van der Waals surface area (Å²) in [4.78, 5) is 0. The second kappa shape index (κ2) is 6.88. The largest absolute Gasteiger partial charge is 0.409 e. The van der Waals surface area contributed by atoms with Gasteiger partial charge in [0.05, 0.1) is 6.10 Å². The highest BCUT2D eigenvalue weighted by molar-refractivity contribution is 5.96. The molecule has 0 aliphatic rings. The first-order chi connectivity index (χ1) is 8.13. The van der Waals surface area contributed by atoms with Crippen molar-refractivity contribution in [1.82, 2.24) is 5.32 Å². The van der Waals surface area contributed by atoms with E-state index < -0.39 is 0 Å². The van der Waals surface area contributed by atoms with Crippen molar-refractivity contribution in [3.05, 3.63) is 35.4 Å². The molecule has 1 unspecified atom stereocenters. The van der Waals surface area contributed by atoms with E-state index in [2.05, 4.69) is 10.5 Å². The summed E-state index contributed by atoms with van der Waals surface area (Å²) in [5.41, 5.74) is 7.27. The molecule has 0 aliphatic carbocycles. The number of amidine groups is 1. The van der Waals surface area contributed by atoms with E-state index in [-0.39, 0.29) is 11.9 Å². The van der Waals surface area contributed by atoms with E-state index in [1.54, 1.807) is 19.1 Å². The lowest BCUT2D eigenvalue weighted by Crippen LogP contribution is -2.19. The lowest BCUT2D eigenvalue weighted by Gasteiger charge is -2.07. The van der Waals surface area contributed by atoms with Gasteiger partial charge in [0, 0.05) is 12.1 Å². The molecule has 94 valence electrons. The van der Waals surface area contributed by atoms with Gasteiger partial charge < -0.3 is 21.4 Å². The number of hydrogen-bond donors (Lipinski definition) is 4. The molecule has 5 nitrogen and oxygen atoms in total. The van der Waals surface area contributed by atoms with Crippen LogP contribution in [0.5, 0.6) is 0 Å². The summed E-state index contributed by atoms with van der Waals surface area (Å²) in [6.45, 7) is 3.29. The first-order valence-electron chi connectivity index (χ1n) is 5.59. The molecule has 1 aromatic carbocycles. The highest BCUT2D eigenvalue weighted by Crippen LogP contribution is 2.04. The van der Waals surface area contributed by atoms with Crippen LogP contribution in [0.2, 0.25) is 0 Å². The van der Waals surface area contributed by atoms with Gasteiger partial charge in [-0.3, -0.25) is 0 Å². The van der Waals surface area contributed by atoms with Crippen LogP contribution in [0.3, 0.4) is 0 Å². The lowest BCUT2D eigenvalue weighted by molar-refractivity contribution is 0.183. The number of nitrogens with zero attached hydrogens (tertiary/aromatic N) is 1. The Morgan fingerprint density at radius 3 is 2.59 bits per heavy atom. The van der Waals surface area contributed by atoms with Crippen molar-refractivity contribution in [2.45, 2.75) is 26.0 Å². The molecule has 0 fully saturated rings. The molecular weight excluding hydrogens is 218 g/mol. The van der Waals surface area contributed by atoms with Crippen LogP contribution < -0.4 is 11.1 Å². The molecule has 0 bridgehead atoms. The zero-order chi connectivity index (χ0) is 12.7. The van der Waals surface area contributed by atoms with E-state index in [9.17, 15) is 0 Å². The molecule has 0 radical (unpaired) electrons. The van der Waals surface area contributed by atoms with Gasteiger partial charge in [0.1, 0.15) is 0 Å². The Bertz CT molecular complexity index is 361. The highest BCUT2D eigenvalue weighted by atomic mass is 16.4. The smallest absolute Gasteiger partial charge is 0.170 e. The van der Waals surface area contributed by atoms with E-state index in [0.717, 1.165) is 25.1 Å². The number of benzene rings is 1. The van der Waals surface area contributed by atoms with Crippen LogP contribution in [0.1, 0.15) is 24.5 Å². The zero-order valence-electron chi connectivity index (χ0n) is 9.93. The van der Waals surface area contributed by atoms with Gasteiger partial charge in [-0.25, -0.2) is 0 Å². The number of hydrogen-bond acceptors (Lipinski definition) is 4. The second-order valence-corrected chi connectivity index (χ2v) is 4.00. The molecule has 17 heavy (non-hydrogen) atoms. The third-order valence-electron chi connectivity index (χ3n) is 2.43. The second-order valence-electron chi connectivity index (χ2n) is 4.00. The van der Waals surface area contributed by atoms with Crippen LogP contribution >= 0.6 is 0 Å². The Morgan fingerprint density at radius 2 is 2.06 bits per heavy atom. The number of aliphatic hydroxyl groups is 1. The summed E-state index contributed by atoms with van der Waals surface area (Å²) < 4.78 is 0. The highest BCUT2D eigenvalue weighted by Gasteiger charge is 1.99. The quantitative estimate of drug-likeness (QED) is 0.192. The monoisotopic (exact) mass is 237 g/mol. The molecule has 0 aromatic heterocycles. The number of nitrogens with two attached hydrogens (primary N) is 1. The predicted octanol–water partition coefficient (Wildman–Crippen LogP) is 0.642. The van der Waals surface area contributed by atoms with Crippen LogP contribution in [0.4, 0.5) is 0 Å². The molecule has 0 aliphatic heterocycles. The molecular formula is C12H19N3O2. The summed E-state index contributed by atoms with van der Waals surface area (Å²) in [6, 6.07) is 7.45. The Balaban J connectivity index is 2.41. The normalized spacial score (nSPS) is 13.6. The van der Waals surface area contributed by atoms with Gasteiger partial charge >= 0.3 is 0 Å². The maximum Gasteiger partial charge on any atom is 0.170 e. The number of aliphatic hydroxyl groups excluding tert-OH is 1. The van der Waals surface area contributed by atoms with Crippen molar-refractivity contribution in [3.63, 3.8) is 0 Å². The van der Waals surface area contributed by atoms with Gasteiger partial charge in [-0.05, 0) is 25.5 Å². The van der Waals surface area contributed by atoms with Crippen molar-refractivity contribution < 1.29 is 10.3 Å². The molecule has 0 spiro atoms. The summed E-state index contributed by atoms with van der Waals surface area (Å²) in [7, 11) is 0. The maximum absolute atomic E-state index is 9.08. The molecule has 5 heteroatoms. The summed E-state index contributed by atoms with van der Waals surface area (Å²) in [5.74, 6) is 0.110. The molecule has 5 N–H and O–H groups in total. The van der Waals surface area contributed by atoms with Crippen molar-refractivity contribution >= 4 is 5.84 Å². The molecule has 0 saturated heterocycles. The van der Waals surface area contributed by atoms with Crippen molar-refractivity contribution in [3.8, 4) is 0 Å². The lowest BCUT2D eigenvalue weighted by atomic mass is 10.1. The fourth-order valence-corrected chi connectivity index (χ4v) is 1.39. The number of rotatable bonds is 6. The first kappa shape index (κ1) is 13.5. The Labute approximate surface area is 101 Å². The number of oxime groups is 1. The van der Waals surface area contributed by atoms with E-state index in [0.29, 0.717) is 5.56 Å². The third kappa shape index (κ3) is 4.84. The molecule has 0 heterocycles. The molecule has 1 aromatic rings. The minimum Gasteiger partial charge on any atom is -0.409 e. The summed E-state index contributed by atoms with van der Waals surface area (Å²) >= 11 is 0. The van der Waals surface area contributed by atoms with E-state index in [4.69, 9.17) is 16.0 Å². The standard InChI is InChI=1S/C12H19N3O2/c1-9(16)6-7-14-8-10-2-4-11(5-3-10)12(13)15-17/h2-5,9,14,16-17H,6-8H2,1H3,(H2,13,15). The minimum atomic E-state index is -0.273. The van der Waals surface area contributed by atoms with Crippen LogP contribution in [-0.4, -0.2) is 28.8 Å². The van der Waals surface area contributed by atoms with Crippen LogP contribution in [0.25, 0.3) is 0 Å². The van der Waals surface area contributed by atoms with Crippen molar-refractivity contribution in [2.24, 2.45) is 10.9 Å². The summed E-state index contributed by atoms with van der Waals surface area (Å²) in [5, 5.41) is 23.8. The molecule has 1 atom stereocenters. The van der Waals surface area contributed by atoms with Gasteiger partial charge in [-0.2, -0.15) is 0 Å². The van der Waals surface area contributed by atoms with Crippen molar-refractivity contribution in [2.75, 3.05) is 6.54 Å². The Hall–Kier alpha value is -1.59. The fraction of sp³-hybridized carbons (Fsp3) is 0.417. The average Bonchev–Trinajstić information content (AvgIpc) is 2.34. The molecule has 1 rings (SSSR count). The van der Waals surface area contributed by atoms with E-state index >= 15 is 0 Å². The fourth-order valence-electron chi connectivity index (χ4n) is 1.39. The minimum absolute atomic E-state index is 0.110. The van der Waals surface area contributed by atoms with Crippen LogP contribution in [-0.2, 0) is 6.54 Å². The van der Waals surface area contributed by atoms with Gasteiger partial charge in [0.2, 0.25) is 0 Å². The van der Waals surface area contributed by atoms with Crippen LogP contribution in [0, 0.1) is 0 Å². The Morgan fingerprint density at radius 1 is 1.41 bits per heavy atom. The number of nitrogens with one attached hydrogen (secondary N) is 1. The van der Waals surface area contributed by atoms with Crippen LogP contribution in [0.15, 0.2) is 29.4 Å². The van der Waals surface area contributed by atoms with Gasteiger partial charge in [-0.1, -0.05) is 29.4 Å². The van der Waals surface area contributed by atoms with Crippen molar-refractivity contribution in [1.29, 1.82) is 0 Å². The van der Waals surface area contributed by atoms with Gasteiger partial charge in [0.25, 0.3) is 0 Å². The SMILES string of the molecule is CC(O)CCNCc1ccc(C(N)=NO)cc1. The average molecular weight is 237 g/mol. The zero-order valence-corrected chi connectivity index (χ0v) is 9.93. The molecule has 0 amide bonds. The van der Waals surface area contributed by atoms with Gasteiger partial charge in [-0.15, -0.1) is 0 Å².